The van der Waals surface area contributed by atoms with E-state index in [4.69, 9.17) is 10.5 Å². The van der Waals surface area contributed by atoms with Gasteiger partial charge in [0.25, 0.3) is 5.91 Å². The van der Waals surface area contributed by atoms with Gasteiger partial charge in [0, 0.05) is 12.1 Å². The topological polar surface area (TPSA) is 105 Å². The summed E-state index contributed by atoms with van der Waals surface area (Å²) < 4.78 is 5.44. The second-order valence-electron chi connectivity index (χ2n) is 4.29. The van der Waals surface area contributed by atoms with Crippen LogP contribution in [0.4, 0.5) is 5.69 Å². The lowest BCUT2D eigenvalue weighted by molar-refractivity contribution is 0.102. The highest BCUT2D eigenvalue weighted by atomic mass is 16.5. The van der Waals surface area contributed by atoms with Gasteiger partial charge in [0.15, 0.2) is 11.5 Å². The Balaban J connectivity index is 2.17. The van der Waals surface area contributed by atoms with Crippen LogP contribution in [0.1, 0.15) is 10.4 Å². The zero-order valence-corrected chi connectivity index (χ0v) is 11.2. The van der Waals surface area contributed by atoms with Crippen molar-refractivity contribution in [1.82, 2.24) is 0 Å². The van der Waals surface area contributed by atoms with Gasteiger partial charge in [-0.3, -0.25) is 4.79 Å². The molecule has 110 valence electrons. The number of aromatic hydroxyl groups is 2. The van der Waals surface area contributed by atoms with Crippen LogP contribution in [0.2, 0.25) is 0 Å². The standard InChI is InChI=1S/C15H16N2O4/c16-7-8-21-14-4-2-1-3-11(14)17-15(20)10-5-6-12(18)13(19)9-10/h1-6,9,18-19H,7-8,16H2,(H,17,20). The first-order valence-electron chi connectivity index (χ1n) is 6.37. The number of nitrogens with two attached hydrogens (primary N) is 1. The summed E-state index contributed by atoms with van der Waals surface area (Å²) >= 11 is 0. The number of hydrogen-bond donors (Lipinski definition) is 4. The zero-order chi connectivity index (χ0) is 15.2. The van der Waals surface area contributed by atoms with Crippen LogP contribution in [-0.2, 0) is 0 Å². The molecule has 2 rings (SSSR count). The summed E-state index contributed by atoms with van der Waals surface area (Å²) in [5.41, 5.74) is 6.11. The lowest BCUT2D eigenvalue weighted by Gasteiger charge is -2.12. The minimum atomic E-state index is -0.422. The van der Waals surface area contributed by atoms with Crippen molar-refractivity contribution in [1.29, 1.82) is 0 Å². The molecule has 5 N–H and O–H groups in total. The van der Waals surface area contributed by atoms with Crippen LogP contribution in [0, 0.1) is 0 Å². The highest BCUT2D eigenvalue weighted by molar-refractivity contribution is 6.05. The molecule has 0 radical (unpaired) electrons. The summed E-state index contributed by atoms with van der Waals surface area (Å²) in [4.78, 5) is 12.1. The number of phenols is 2. The van der Waals surface area contributed by atoms with Crippen LogP contribution in [0.15, 0.2) is 42.5 Å². The second-order valence-corrected chi connectivity index (χ2v) is 4.29. The molecule has 6 nitrogen and oxygen atoms in total. The number of hydrogen-bond acceptors (Lipinski definition) is 5. The van der Waals surface area contributed by atoms with Crippen molar-refractivity contribution in [2.45, 2.75) is 0 Å². The highest BCUT2D eigenvalue weighted by Gasteiger charge is 2.11. The van der Waals surface area contributed by atoms with Gasteiger partial charge in [0.1, 0.15) is 12.4 Å². The van der Waals surface area contributed by atoms with Crippen molar-refractivity contribution in [3.05, 3.63) is 48.0 Å². The van der Waals surface area contributed by atoms with Gasteiger partial charge in [0.05, 0.1) is 5.69 Å². The fourth-order valence-corrected chi connectivity index (χ4v) is 1.72. The Hall–Kier alpha value is -2.73. The zero-order valence-electron chi connectivity index (χ0n) is 11.2. The summed E-state index contributed by atoms with van der Waals surface area (Å²) in [5.74, 6) is -0.540. The molecule has 6 heteroatoms. The molecule has 1 amide bonds. The normalized spacial score (nSPS) is 10.1. The fraction of sp³-hybridized carbons (Fsp3) is 0.133. The summed E-state index contributed by atoms with van der Waals surface area (Å²) in [6, 6.07) is 10.8. The van der Waals surface area contributed by atoms with Gasteiger partial charge < -0.3 is 26.0 Å². The smallest absolute Gasteiger partial charge is 0.255 e. The molecule has 0 unspecified atom stereocenters. The van der Waals surface area contributed by atoms with Gasteiger partial charge in [-0.05, 0) is 30.3 Å². The van der Waals surface area contributed by atoms with E-state index in [0.29, 0.717) is 24.6 Å². The number of benzene rings is 2. The molecule has 21 heavy (non-hydrogen) atoms. The van der Waals surface area contributed by atoms with Crippen LogP contribution in [0.25, 0.3) is 0 Å². The van der Waals surface area contributed by atoms with Crippen LogP contribution in [0.5, 0.6) is 17.2 Å². The Morgan fingerprint density at radius 2 is 1.90 bits per heavy atom. The molecule has 0 fully saturated rings. The van der Waals surface area contributed by atoms with Gasteiger partial charge in [-0.15, -0.1) is 0 Å². The number of para-hydroxylation sites is 2. The third-order valence-corrected chi connectivity index (χ3v) is 2.75. The van der Waals surface area contributed by atoms with Crippen molar-refractivity contribution < 1.29 is 19.7 Å². The molecular weight excluding hydrogens is 272 g/mol. The summed E-state index contributed by atoms with van der Waals surface area (Å²) in [6.45, 7) is 0.709. The molecule has 0 aliphatic carbocycles. The van der Waals surface area contributed by atoms with Gasteiger partial charge >= 0.3 is 0 Å². The third-order valence-electron chi connectivity index (χ3n) is 2.75. The van der Waals surface area contributed by atoms with E-state index < -0.39 is 5.91 Å². The molecule has 0 heterocycles. The first-order valence-corrected chi connectivity index (χ1v) is 6.37. The molecule has 0 aliphatic rings. The lowest BCUT2D eigenvalue weighted by Crippen LogP contribution is -2.15. The molecule has 2 aromatic rings. The molecule has 2 aromatic carbocycles. The van der Waals surface area contributed by atoms with E-state index in [1.807, 2.05) is 0 Å². The average Bonchev–Trinajstić information content (AvgIpc) is 2.49. The van der Waals surface area contributed by atoms with Gasteiger partial charge in [-0.25, -0.2) is 0 Å². The monoisotopic (exact) mass is 288 g/mol. The van der Waals surface area contributed by atoms with Gasteiger partial charge in [0.2, 0.25) is 0 Å². The number of ether oxygens (including phenoxy) is 1. The molecule has 0 bridgehead atoms. The minimum absolute atomic E-state index is 0.221. The minimum Gasteiger partial charge on any atom is -0.504 e. The van der Waals surface area contributed by atoms with E-state index >= 15 is 0 Å². The van der Waals surface area contributed by atoms with E-state index in [-0.39, 0.29) is 17.1 Å². The Morgan fingerprint density at radius 1 is 1.14 bits per heavy atom. The second kappa shape index (κ2) is 6.62. The lowest BCUT2D eigenvalue weighted by atomic mass is 10.2. The Morgan fingerprint density at radius 3 is 2.62 bits per heavy atom. The molecule has 0 saturated carbocycles. The predicted octanol–water partition coefficient (Wildman–Crippen LogP) is 1.69. The predicted molar refractivity (Wildman–Crippen MR) is 78.7 cm³/mol. The summed E-state index contributed by atoms with van der Waals surface area (Å²) in [5, 5.41) is 21.3. The molecule has 0 saturated heterocycles. The van der Waals surface area contributed by atoms with E-state index in [0.717, 1.165) is 0 Å². The number of carbonyl (C=O) groups excluding carboxylic acids is 1. The average molecular weight is 288 g/mol. The van der Waals surface area contributed by atoms with E-state index in [1.54, 1.807) is 24.3 Å². The molecule has 0 aliphatic heterocycles. The number of carbonyl (C=O) groups is 1. The van der Waals surface area contributed by atoms with E-state index in [2.05, 4.69) is 5.32 Å². The Labute approximate surface area is 121 Å². The summed E-state index contributed by atoms with van der Waals surface area (Å²) in [6.07, 6.45) is 0. The van der Waals surface area contributed by atoms with E-state index in [9.17, 15) is 15.0 Å². The quantitative estimate of drug-likeness (QED) is 0.627. The van der Waals surface area contributed by atoms with Crippen LogP contribution in [0.3, 0.4) is 0 Å². The first-order chi connectivity index (χ1) is 10.1. The van der Waals surface area contributed by atoms with Crippen LogP contribution >= 0.6 is 0 Å². The number of nitrogens with one attached hydrogen (secondary N) is 1. The Kier molecular flexibility index (Phi) is 4.63. The molecular formula is C15H16N2O4. The maximum Gasteiger partial charge on any atom is 0.255 e. The van der Waals surface area contributed by atoms with Crippen molar-refractivity contribution in [3.63, 3.8) is 0 Å². The molecule has 0 aromatic heterocycles. The van der Waals surface area contributed by atoms with Crippen LogP contribution in [-0.4, -0.2) is 29.3 Å². The number of amides is 1. The van der Waals surface area contributed by atoms with Gasteiger partial charge in [-0.1, -0.05) is 12.1 Å². The third kappa shape index (κ3) is 3.64. The number of phenolic OH excluding ortho intramolecular Hbond substituents is 2. The van der Waals surface area contributed by atoms with E-state index in [1.165, 1.54) is 18.2 Å². The highest BCUT2D eigenvalue weighted by Crippen LogP contribution is 2.27. The maximum atomic E-state index is 12.1. The van der Waals surface area contributed by atoms with Crippen LogP contribution < -0.4 is 15.8 Å². The van der Waals surface area contributed by atoms with Crippen molar-refractivity contribution in [2.24, 2.45) is 5.73 Å². The molecule has 0 atom stereocenters. The van der Waals surface area contributed by atoms with Gasteiger partial charge in [-0.2, -0.15) is 0 Å². The SMILES string of the molecule is NCCOc1ccccc1NC(=O)c1ccc(O)c(O)c1. The maximum absolute atomic E-state index is 12.1. The van der Waals surface area contributed by atoms with Crippen molar-refractivity contribution in [3.8, 4) is 17.2 Å². The van der Waals surface area contributed by atoms with Crippen molar-refractivity contribution in [2.75, 3.05) is 18.5 Å². The molecule has 0 spiro atoms. The summed E-state index contributed by atoms with van der Waals surface area (Å²) in [7, 11) is 0. The first kappa shape index (κ1) is 14.7. The van der Waals surface area contributed by atoms with Crippen molar-refractivity contribution >= 4 is 11.6 Å². The Bertz CT molecular complexity index is 643. The number of anilines is 1. The number of rotatable bonds is 5. The fourth-order valence-electron chi connectivity index (χ4n) is 1.72. The largest absolute Gasteiger partial charge is 0.504 e.